The molecule has 13 heavy (non-hydrogen) atoms. The maximum Gasteiger partial charge on any atom is 0.322 e. The third-order valence-electron chi connectivity index (χ3n) is 1.64. The normalized spacial score (nSPS) is 13.9. The van der Waals surface area contributed by atoms with E-state index in [2.05, 4.69) is 30.7 Å². The number of rotatable bonds is 5. The number of ether oxygens (including phenoxy) is 1. The topological polar surface area (TPSA) is 38.3 Å². The Balaban J connectivity index is 3.99. The van der Waals surface area contributed by atoms with Gasteiger partial charge in [0.1, 0.15) is 8.24 Å². The fourth-order valence-corrected chi connectivity index (χ4v) is 2.61. The third-order valence-corrected chi connectivity index (χ3v) is 6.02. The van der Waals surface area contributed by atoms with Gasteiger partial charge >= 0.3 is 5.97 Å². The van der Waals surface area contributed by atoms with E-state index in [0.717, 1.165) is 5.38 Å². The fourth-order valence-electron chi connectivity index (χ4n) is 0.958. The molecule has 0 rings (SSSR count). The first-order valence-corrected chi connectivity index (χ1v) is 8.32. The molecule has 0 aromatic carbocycles. The van der Waals surface area contributed by atoms with Crippen molar-refractivity contribution in [3.8, 4) is 0 Å². The Morgan fingerprint density at radius 3 is 2.54 bits per heavy atom. The maximum atomic E-state index is 11.2. The Kier molecular flexibility index (Phi) is 5.67. The van der Waals surface area contributed by atoms with Crippen molar-refractivity contribution < 1.29 is 9.53 Å². The summed E-state index contributed by atoms with van der Waals surface area (Å²) < 4.78 is 4.89. The summed E-state index contributed by atoms with van der Waals surface area (Å²) >= 11 is 4.24. The van der Waals surface area contributed by atoms with E-state index in [4.69, 9.17) is 4.74 Å². The molecule has 0 fully saturated rings. The van der Waals surface area contributed by atoms with Crippen LogP contribution in [0.2, 0.25) is 13.1 Å². The number of thiol groups is 1. The van der Waals surface area contributed by atoms with Gasteiger partial charge in [0.15, 0.2) is 0 Å². The minimum absolute atomic E-state index is 0.176. The Morgan fingerprint density at radius 2 is 2.15 bits per heavy atom. The second kappa shape index (κ2) is 5.67. The summed E-state index contributed by atoms with van der Waals surface area (Å²) in [6, 6.07) is -0.214. The lowest BCUT2D eigenvalue weighted by Crippen LogP contribution is -2.54. The second-order valence-corrected chi connectivity index (χ2v) is 8.98. The van der Waals surface area contributed by atoms with E-state index in [1.165, 1.54) is 0 Å². The van der Waals surface area contributed by atoms with Gasteiger partial charge in [-0.15, -0.1) is 0 Å². The molecule has 0 aliphatic carbocycles. The van der Waals surface area contributed by atoms with Gasteiger partial charge in [0, 0.05) is 0 Å². The van der Waals surface area contributed by atoms with Crippen LogP contribution in [0.15, 0.2) is 0 Å². The molecule has 1 atom stereocenters. The summed E-state index contributed by atoms with van der Waals surface area (Å²) in [5.74, 6) is -0.176. The Bertz CT molecular complexity index is 176. The molecule has 0 aliphatic rings. The lowest BCUT2D eigenvalue weighted by molar-refractivity contribution is -0.144. The van der Waals surface area contributed by atoms with E-state index in [-0.39, 0.29) is 12.0 Å². The predicted octanol–water partition coefficient (Wildman–Crippen LogP) is 1.20. The van der Waals surface area contributed by atoms with Crippen LogP contribution in [0, 0.1) is 0 Å². The summed E-state index contributed by atoms with van der Waals surface area (Å²) in [5.41, 5.74) is 0. The molecule has 3 nitrogen and oxygen atoms in total. The summed E-state index contributed by atoms with van der Waals surface area (Å²) in [6.07, 6.45) is 0. The average Bonchev–Trinajstić information content (AvgIpc) is 2.04. The van der Waals surface area contributed by atoms with Crippen molar-refractivity contribution in [1.82, 2.24) is 4.98 Å². The zero-order valence-corrected chi connectivity index (χ0v) is 10.6. The van der Waals surface area contributed by atoms with Crippen molar-refractivity contribution in [2.75, 3.05) is 12.0 Å². The van der Waals surface area contributed by atoms with Crippen LogP contribution >= 0.6 is 12.6 Å². The predicted molar refractivity (Wildman–Crippen MR) is 60.6 cm³/mol. The van der Waals surface area contributed by atoms with Gasteiger partial charge in [-0.2, -0.15) is 12.6 Å². The molecule has 0 saturated carbocycles. The molecule has 0 aromatic rings. The van der Waals surface area contributed by atoms with Crippen LogP contribution in [-0.4, -0.2) is 32.2 Å². The molecule has 1 N–H and O–H groups in total. The smallest absolute Gasteiger partial charge is 0.322 e. The van der Waals surface area contributed by atoms with Crippen LogP contribution in [0.5, 0.6) is 0 Å². The van der Waals surface area contributed by atoms with Crippen LogP contribution in [0.1, 0.15) is 13.8 Å². The molecule has 0 radical (unpaired) electrons. The first kappa shape index (κ1) is 13.0. The highest BCUT2D eigenvalue weighted by atomic mass is 32.1. The molecule has 78 valence electrons. The largest absolute Gasteiger partial charge is 0.465 e. The molecular formula is C8H19NO2SSi. The average molecular weight is 221 g/mol. The first-order valence-electron chi connectivity index (χ1n) is 4.48. The van der Waals surface area contributed by atoms with Gasteiger partial charge in [-0.05, 0) is 19.2 Å². The van der Waals surface area contributed by atoms with E-state index in [1.807, 2.05) is 13.8 Å². The zero-order chi connectivity index (χ0) is 10.5. The quantitative estimate of drug-likeness (QED) is 0.416. The molecule has 0 amide bonds. The van der Waals surface area contributed by atoms with Gasteiger partial charge in [-0.1, -0.05) is 13.1 Å². The highest BCUT2D eigenvalue weighted by Crippen LogP contribution is 2.02. The number of carbonyl (C=O) groups is 1. The summed E-state index contributed by atoms with van der Waals surface area (Å²) in [4.78, 5) is 14.5. The molecule has 0 saturated heterocycles. The highest BCUT2D eigenvalue weighted by molar-refractivity contribution is 7.82. The molecule has 5 heteroatoms. The standard InChI is InChI=1S/C8H19NO2SSi/c1-5-11-8(10)7(2)9-13(3,4)6-12/h7,9,12H,5-6H2,1-4H3/t7-/m0/s1. The Morgan fingerprint density at radius 1 is 1.62 bits per heavy atom. The fraction of sp³-hybridized carbons (Fsp3) is 0.875. The summed E-state index contributed by atoms with van der Waals surface area (Å²) in [5, 5.41) is 0.816. The van der Waals surface area contributed by atoms with Gasteiger partial charge in [0.2, 0.25) is 0 Å². The van der Waals surface area contributed by atoms with Crippen LogP contribution < -0.4 is 4.98 Å². The van der Waals surface area contributed by atoms with Crippen LogP contribution in [0.4, 0.5) is 0 Å². The number of hydrogen-bond donors (Lipinski definition) is 2. The zero-order valence-electron chi connectivity index (χ0n) is 8.76. The lowest BCUT2D eigenvalue weighted by atomic mass is 10.4. The number of carbonyl (C=O) groups excluding carboxylic acids is 1. The minimum Gasteiger partial charge on any atom is -0.465 e. The van der Waals surface area contributed by atoms with Crippen molar-refractivity contribution in [1.29, 1.82) is 0 Å². The molecule has 0 aliphatic heterocycles. The summed E-state index contributed by atoms with van der Waals surface area (Å²) in [6.45, 7) is 8.35. The number of nitrogens with one attached hydrogen (secondary N) is 1. The molecule has 0 spiro atoms. The first-order chi connectivity index (χ1) is 5.93. The van der Waals surface area contributed by atoms with Crippen molar-refractivity contribution in [2.45, 2.75) is 33.0 Å². The van der Waals surface area contributed by atoms with E-state index in [1.54, 1.807) is 0 Å². The lowest BCUT2D eigenvalue weighted by Gasteiger charge is -2.25. The third kappa shape index (κ3) is 5.33. The minimum atomic E-state index is -1.52. The number of hydrogen-bond acceptors (Lipinski definition) is 4. The monoisotopic (exact) mass is 221 g/mol. The highest BCUT2D eigenvalue weighted by Gasteiger charge is 2.24. The van der Waals surface area contributed by atoms with E-state index in [0.29, 0.717) is 6.61 Å². The van der Waals surface area contributed by atoms with Gasteiger partial charge < -0.3 is 9.72 Å². The summed E-state index contributed by atoms with van der Waals surface area (Å²) in [7, 11) is -1.52. The van der Waals surface area contributed by atoms with Crippen LogP contribution in [0.3, 0.4) is 0 Å². The second-order valence-electron chi connectivity index (χ2n) is 3.66. The Hall–Kier alpha value is -0.00312. The van der Waals surface area contributed by atoms with Crippen LogP contribution in [0.25, 0.3) is 0 Å². The van der Waals surface area contributed by atoms with E-state index in [9.17, 15) is 4.79 Å². The molecule has 0 heterocycles. The van der Waals surface area contributed by atoms with Gasteiger partial charge in [-0.25, -0.2) is 0 Å². The molecule has 0 aromatic heterocycles. The van der Waals surface area contributed by atoms with Crippen LogP contribution in [-0.2, 0) is 9.53 Å². The van der Waals surface area contributed by atoms with Crippen molar-refractivity contribution in [3.63, 3.8) is 0 Å². The van der Waals surface area contributed by atoms with Crippen molar-refractivity contribution in [3.05, 3.63) is 0 Å². The molecule has 0 bridgehead atoms. The Labute approximate surface area is 86.7 Å². The maximum absolute atomic E-state index is 11.2. The molecule has 0 unspecified atom stereocenters. The van der Waals surface area contributed by atoms with Crippen molar-refractivity contribution >= 4 is 26.8 Å². The van der Waals surface area contributed by atoms with Crippen molar-refractivity contribution in [2.24, 2.45) is 0 Å². The van der Waals surface area contributed by atoms with Gasteiger partial charge in [0.25, 0.3) is 0 Å². The number of esters is 1. The van der Waals surface area contributed by atoms with Gasteiger partial charge in [-0.3, -0.25) is 4.79 Å². The van der Waals surface area contributed by atoms with E-state index < -0.39 is 8.24 Å². The SMILES string of the molecule is CCOC(=O)[C@H](C)N[Si](C)(C)CS. The van der Waals surface area contributed by atoms with Gasteiger partial charge in [0.05, 0.1) is 12.6 Å². The van der Waals surface area contributed by atoms with E-state index >= 15 is 0 Å². The molecular weight excluding hydrogens is 202 g/mol.